The molecule has 6 nitrogen and oxygen atoms in total. The number of furan rings is 1. The molecule has 1 atom stereocenters. The number of aryl methyl sites for hydroxylation is 2. The summed E-state index contributed by atoms with van der Waals surface area (Å²) in [5.41, 5.74) is 6.75. The van der Waals surface area contributed by atoms with Crippen LogP contribution in [0.5, 0.6) is 0 Å². The van der Waals surface area contributed by atoms with Gasteiger partial charge in [-0.3, -0.25) is 4.79 Å². The molecule has 24 heavy (non-hydrogen) atoms. The minimum Gasteiger partial charge on any atom is -0.466 e. The second-order valence-corrected chi connectivity index (χ2v) is 6.46. The van der Waals surface area contributed by atoms with Crippen molar-refractivity contribution in [1.82, 2.24) is 5.32 Å². The van der Waals surface area contributed by atoms with Crippen molar-refractivity contribution in [2.24, 2.45) is 5.73 Å². The molecule has 1 heterocycles. The Bertz CT molecular complexity index is 742. The summed E-state index contributed by atoms with van der Waals surface area (Å²) in [5, 5.41) is 5.69. The fourth-order valence-corrected chi connectivity index (χ4v) is 3.10. The van der Waals surface area contributed by atoms with Gasteiger partial charge < -0.3 is 20.8 Å². The normalized spacial score (nSPS) is 11.8. The third kappa shape index (κ3) is 4.79. The maximum atomic E-state index is 12.3. The van der Waals surface area contributed by atoms with Gasteiger partial charge in [-0.05, 0) is 39.0 Å². The van der Waals surface area contributed by atoms with Crippen molar-refractivity contribution in [2.45, 2.75) is 31.7 Å². The van der Waals surface area contributed by atoms with Crippen LogP contribution in [0.1, 0.15) is 30.0 Å². The van der Waals surface area contributed by atoms with Crippen LogP contribution in [0.25, 0.3) is 0 Å². The average molecular weight is 347 g/mol. The zero-order valence-electron chi connectivity index (χ0n) is 13.9. The minimum absolute atomic E-state index is 0.157. The number of para-hydroxylation sites is 1. The van der Waals surface area contributed by atoms with Gasteiger partial charge >= 0.3 is 6.03 Å². The molecule has 128 valence electrons. The third-order valence-corrected chi connectivity index (χ3v) is 4.49. The second-order valence-electron chi connectivity index (χ2n) is 5.44. The lowest BCUT2D eigenvalue weighted by Gasteiger charge is -2.15. The van der Waals surface area contributed by atoms with Crippen LogP contribution in [0.4, 0.5) is 10.5 Å². The smallest absolute Gasteiger partial charge is 0.319 e. The molecule has 3 amide bonds. The number of anilines is 1. The number of rotatable bonds is 6. The molecule has 0 radical (unpaired) electrons. The molecule has 1 aromatic carbocycles. The molecule has 0 bridgehead atoms. The maximum Gasteiger partial charge on any atom is 0.319 e. The predicted molar refractivity (Wildman–Crippen MR) is 95.1 cm³/mol. The van der Waals surface area contributed by atoms with Crippen LogP contribution >= 0.6 is 11.8 Å². The quantitative estimate of drug-likeness (QED) is 0.698. The number of amides is 3. The Morgan fingerprint density at radius 3 is 2.62 bits per heavy atom. The first kappa shape index (κ1) is 17.9. The number of carbonyl (C=O) groups is 2. The van der Waals surface area contributed by atoms with Gasteiger partial charge in [-0.1, -0.05) is 12.1 Å². The van der Waals surface area contributed by atoms with E-state index in [0.29, 0.717) is 5.69 Å². The zero-order valence-corrected chi connectivity index (χ0v) is 14.7. The monoisotopic (exact) mass is 347 g/mol. The van der Waals surface area contributed by atoms with Crippen LogP contribution in [-0.2, 0) is 4.79 Å². The molecule has 0 spiro atoms. The molecule has 7 heteroatoms. The van der Waals surface area contributed by atoms with Crippen LogP contribution in [0.3, 0.4) is 0 Å². The zero-order chi connectivity index (χ0) is 17.7. The Balaban J connectivity index is 2.02. The molecule has 2 rings (SSSR count). The summed E-state index contributed by atoms with van der Waals surface area (Å²) in [6, 6.07) is 8.66. The highest BCUT2D eigenvalue weighted by atomic mass is 32.2. The average Bonchev–Trinajstić information content (AvgIpc) is 2.85. The van der Waals surface area contributed by atoms with E-state index in [4.69, 9.17) is 10.2 Å². The molecule has 0 unspecified atom stereocenters. The molecule has 0 aliphatic heterocycles. The second kappa shape index (κ2) is 7.92. The van der Waals surface area contributed by atoms with Crippen molar-refractivity contribution in [1.29, 1.82) is 0 Å². The summed E-state index contributed by atoms with van der Waals surface area (Å²) in [4.78, 5) is 24.0. The van der Waals surface area contributed by atoms with Crippen molar-refractivity contribution < 1.29 is 14.0 Å². The fraction of sp³-hybridized carbons (Fsp3) is 0.294. The van der Waals surface area contributed by atoms with E-state index in [9.17, 15) is 9.59 Å². The van der Waals surface area contributed by atoms with Crippen LogP contribution in [-0.4, -0.2) is 17.7 Å². The highest BCUT2D eigenvalue weighted by molar-refractivity contribution is 8.00. The molecule has 0 aliphatic carbocycles. The first-order chi connectivity index (χ1) is 11.4. The highest BCUT2D eigenvalue weighted by Gasteiger charge is 2.16. The topological polar surface area (TPSA) is 97.4 Å². The number of nitrogens with two attached hydrogens (primary N) is 1. The van der Waals surface area contributed by atoms with Gasteiger partial charge in [0.25, 0.3) is 0 Å². The number of hydrogen-bond donors (Lipinski definition) is 3. The standard InChI is InChI=1S/C17H21N3O3S/c1-10-8-13(12(3)23-10)11(2)19-17(22)20-14-6-4-5-7-15(14)24-9-16(18)21/h4-8,11H,9H2,1-3H3,(H2,18,21)(H2,19,20,22)/t11-/m1/s1. The molecule has 0 aliphatic rings. The lowest BCUT2D eigenvalue weighted by atomic mass is 10.1. The van der Waals surface area contributed by atoms with E-state index >= 15 is 0 Å². The molecule has 1 aromatic heterocycles. The van der Waals surface area contributed by atoms with E-state index in [-0.39, 0.29) is 17.8 Å². The van der Waals surface area contributed by atoms with E-state index in [1.807, 2.05) is 45.0 Å². The van der Waals surface area contributed by atoms with E-state index in [2.05, 4.69) is 10.6 Å². The molecule has 2 aromatic rings. The Labute approximate surface area is 145 Å². The summed E-state index contributed by atoms with van der Waals surface area (Å²) in [6.07, 6.45) is 0. The van der Waals surface area contributed by atoms with E-state index in [1.54, 1.807) is 6.07 Å². The first-order valence-corrected chi connectivity index (χ1v) is 8.50. The van der Waals surface area contributed by atoms with Crippen molar-refractivity contribution in [3.63, 3.8) is 0 Å². The maximum absolute atomic E-state index is 12.3. The fourth-order valence-electron chi connectivity index (χ4n) is 2.36. The molecular formula is C17H21N3O3S. The van der Waals surface area contributed by atoms with Crippen molar-refractivity contribution >= 4 is 29.4 Å². The van der Waals surface area contributed by atoms with Crippen LogP contribution in [0.2, 0.25) is 0 Å². The number of carbonyl (C=O) groups excluding carboxylic acids is 2. The minimum atomic E-state index is -0.404. The van der Waals surface area contributed by atoms with Gasteiger partial charge in [0.1, 0.15) is 11.5 Å². The third-order valence-electron chi connectivity index (χ3n) is 3.40. The van der Waals surface area contributed by atoms with Crippen LogP contribution in [0, 0.1) is 13.8 Å². The largest absolute Gasteiger partial charge is 0.466 e. The van der Waals surface area contributed by atoms with Crippen LogP contribution in [0.15, 0.2) is 39.6 Å². The lowest BCUT2D eigenvalue weighted by molar-refractivity contribution is -0.115. The Morgan fingerprint density at radius 1 is 1.29 bits per heavy atom. The lowest BCUT2D eigenvalue weighted by Crippen LogP contribution is -2.31. The van der Waals surface area contributed by atoms with Crippen molar-refractivity contribution in [3.8, 4) is 0 Å². The molecule has 4 N–H and O–H groups in total. The number of benzene rings is 1. The van der Waals surface area contributed by atoms with Gasteiger partial charge in [0, 0.05) is 10.5 Å². The summed E-state index contributed by atoms with van der Waals surface area (Å²) < 4.78 is 5.49. The summed E-state index contributed by atoms with van der Waals surface area (Å²) in [6.45, 7) is 5.63. The Morgan fingerprint density at radius 2 is 2.00 bits per heavy atom. The number of thioether (sulfide) groups is 1. The van der Waals surface area contributed by atoms with Crippen molar-refractivity contribution in [3.05, 3.63) is 47.4 Å². The molecular weight excluding hydrogens is 326 g/mol. The van der Waals surface area contributed by atoms with Crippen molar-refractivity contribution in [2.75, 3.05) is 11.1 Å². The van der Waals surface area contributed by atoms with E-state index in [0.717, 1.165) is 22.0 Å². The number of hydrogen-bond acceptors (Lipinski definition) is 4. The van der Waals surface area contributed by atoms with Gasteiger partial charge in [0.2, 0.25) is 5.91 Å². The summed E-state index contributed by atoms with van der Waals surface area (Å²) in [7, 11) is 0. The van der Waals surface area contributed by atoms with Gasteiger partial charge in [-0.15, -0.1) is 11.8 Å². The van der Waals surface area contributed by atoms with E-state index < -0.39 is 5.91 Å². The summed E-state index contributed by atoms with van der Waals surface area (Å²) >= 11 is 1.29. The van der Waals surface area contributed by atoms with E-state index in [1.165, 1.54) is 11.8 Å². The van der Waals surface area contributed by atoms with Gasteiger partial charge in [-0.25, -0.2) is 4.79 Å². The number of primary amides is 1. The van der Waals surface area contributed by atoms with Gasteiger partial charge in [0.05, 0.1) is 17.5 Å². The number of urea groups is 1. The predicted octanol–water partition coefficient (Wildman–Crippen LogP) is 3.36. The molecule has 0 saturated heterocycles. The first-order valence-electron chi connectivity index (χ1n) is 7.51. The highest BCUT2D eigenvalue weighted by Crippen LogP contribution is 2.27. The SMILES string of the molecule is Cc1cc([C@@H](C)NC(=O)Nc2ccccc2SCC(N)=O)c(C)o1. The Kier molecular flexibility index (Phi) is 5.92. The number of nitrogens with one attached hydrogen (secondary N) is 2. The molecule has 0 fully saturated rings. The molecule has 0 saturated carbocycles. The Hall–Kier alpha value is -2.41. The van der Waals surface area contributed by atoms with Gasteiger partial charge in [-0.2, -0.15) is 0 Å². The summed E-state index contributed by atoms with van der Waals surface area (Å²) in [5.74, 6) is 1.35. The van der Waals surface area contributed by atoms with Gasteiger partial charge in [0.15, 0.2) is 0 Å². The van der Waals surface area contributed by atoms with Crippen LogP contribution < -0.4 is 16.4 Å².